The van der Waals surface area contributed by atoms with Gasteiger partial charge in [-0.15, -0.1) is 22.7 Å². The quantitative estimate of drug-likeness (QED) is 0.362. The number of hydrogen-bond acceptors (Lipinski definition) is 4. The lowest BCUT2D eigenvalue weighted by atomic mass is 10.0. The van der Waals surface area contributed by atoms with Crippen molar-refractivity contribution >= 4 is 34.5 Å². The highest BCUT2D eigenvalue weighted by Crippen LogP contribution is 2.26. The Morgan fingerprint density at radius 2 is 1.41 bits per heavy atom. The predicted octanol–water partition coefficient (Wildman–Crippen LogP) is 5.44. The van der Waals surface area contributed by atoms with E-state index in [0.29, 0.717) is 13.1 Å². The van der Waals surface area contributed by atoms with Crippen LogP contribution in [-0.2, 0) is 29.1 Å². The van der Waals surface area contributed by atoms with Gasteiger partial charge in [0.05, 0.1) is 13.0 Å². The second-order valence-corrected chi connectivity index (χ2v) is 9.44. The number of hydrogen-bond donors (Lipinski definition) is 1. The minimum absolute atomic E-state index is 0.0652. The molecule has 0 aliphatic rings. The van der Waals surface area contributed by atoms with Crippen molar-refractivity contribution in [2.45, 2.75) is 25.6 Å². The molecule has 1 N–H and O–H groups in total. The highest BCUT2D eigenvalue weighted by atomic mass is 32.1. The van der Waals surface area contributed by atoms with Gasteiger partial charge < -0.3 is 10.2 Å². The van der Waals surface area contributed by atoms with E-state index in [2.05, 4.69) is 5.32 Å². The molecule has 0 bridgehead atoms. The molecule has 0 saturated carbocycles. The second kappa shape index (κ2) is 10.9. The molecule has 4 nitrogen and oxygen atoms in total. The Hall–Kier alpha value is -3.22. The van der Waals surface area contributed by atoms with Crippen molar-refractivity contribution in [3.05, 3.63) is 117 Å². The molecule has 32 heavy (non-hydrogen) atoms. The summed E-state index contributed by atoms with van der Waals surface area (Å²) in [5, 5.41) is 7.00. The van der Waals surface area contributed by atoms with Crippen LogP contribution in [-0.4, -0.2) is 16.7 Å². The SMILES string of the molecule is O=C(NCc1ccccc1)[C@H](c1ccccc1)N(Cc1cccs1)C(=O)Cc1cccs1. The molecule has 0 fully saturated rings. The zero-order chi connectivity index (χ0) is 22.2. The monoisotopic (exact) mass is 460 g/mol. The number of rotatable bonds is 9. The summed E-state index contributed by atoms with van der Waals surface area (Å²) in [4.78, 5) is 30.7. The van der Waals surface area contributed by atoms with E-state index in [0.717, 1.165) is 20.9 Å². The first-order chi connectivity index (χ1) is 15.7. The van der Waals surface area contributed by atoms with Crippen LogP contribution in [0.5, 0.6) is 0 Å². The molecule has 0 saturated heterocycles. The maximum Gasteiger partial charge on any atom is 0.247 e. The van der Waals surface area contributed by atoms with Crippen molar-refractivity contribution in [3.63, 3.8) is 0 Å². The van der Waals surface area contributed by atoms with Crippen molar-refractivity contribution in [1.82, 2.24) is 10.2 Å². The number of nitrogens with zero attached hydrogens (tertiary/aromatic N) is 1. The van der Waals surface area contributed by atoms with Crippen LogP contribution in [0.3, 0.4) is 0 Å². The largest absolute Gasteiger partial charge is 0.350 e. The molecule has 6 heteroatoms. The van der Waals surface area contributed by atoms with Crippen LogP contribution in [0.15, 0.2) is 95.7 Å². The molecule has 2 aromatic heterocycles. The topological polar surface area (TPSA) is 49.4 Å². The van der Waals surface area contributed by atoms with Gasteiger partial charge in [0.15, 0.2) is 0 Å². The minimum Gasteiger partial charge on any atom is -0.350 e. The first kappa shape index (κ1) is 22.0. The van der Waals surface area contributed by atoms with E-state index in [1.807, 2.05) is 95.7 Å². The van der Waals surface area contributed by atoms with E-state index in [9.17, 15) is 9.59 Å². The Morgan fingerprint density at radius 3 is 2.03 bits per heavy atom. The predicted molar refractivity (Wildman–Crippen MR) is 130 cm³/mol. The van der Waals surface area contributed by atoms with Crippen LogP contribution >= 0.6 is 22.7 Å². The Morgan fingerprint density at radius 1 is 0.781 bits per heavy atom. The van der Waals surface area contributed by atoms with E-state index < -0.39 is 6.04 Å². The van der Waals surface area contributed by atoms with Crippen molar-refractivity contribution in [3.8, 4) is 0 Å². The maximum absolute atomic E-state index is 13.5. The fraction of sp³-hybridized carbons (Fsp3) is 0.154. The molecule has 162 valence electrons. The van der Waals surface area contributed by atoms with Gasteiger partial charge >= 0.3 is 0 Å². The van der Waals surface area contributed by atoms with Gasteiger partial charge in [0, 0.05) is 16.3 Å². The number of carbonyl (C=O) groups is 2. The van der Waals surface area contributed by atoms with Gasteiger partial charge in [0.25, 0.3) is 0 Å². The van der Waals surface area contributed by atoms with Crippen LogP contribution in [0.4, 0.5) is 0 Å². The number of amides is 2. The van der Waals surface area contributed by atoms with Crippen LogP contribution in [0.2, 0.25) is 0 Å². The lowest BCUT2D eigenvalue weighted by Crippen LogP contribution is -2.43. The molecule has 0 aliphatic carbocycles. The molecule has 1 atom stereocenters. The summed E-state index contributed by atoms with van der Waals surface area (Å²) in [6.07, 6.45) is 0.276. The lowest BCUT2D eigenvalue weighted by Gasteiger charge is -2.31. The fourth-order valence-electron chi connectivity index (χ4n) is 3.55. The normalized spacial score (nSPS) is 11.6. The highest BCUT2D eigenvalue weighted by molar-refractivity contribution is 7.10. The summed E-state index contributed by atoms with van der Waals surface area (Å²) in [6.45, 7) is 0.801. The van der Waals surface area contributed by atoms with Gasteiger partial charge in [-0.05, 0) is 34.0 Å². The Kier molecular flexibility index (Phi) is 7.48. The zero-order valence-electron chi connectivity index (χ0n) is 17.5. The molecular formula is C26H24N2O2S2. The first-order valence-corrected chi connectivity index (χ1v) is 12.2. The van der Waals surface area contributed by atoms with E-state index in [-0.39, 0.29) is 18.2 Å². The van der Waals surface area contributed by atoms with Crippen LogP contribution in [0, 0.1) is 0 Å². The molecule has 0 aliphatic heterocycles. The highest BCUT2D eigenvalue weighted by Gasteiger charge is 2.31. The molecule has 2 amide bonds. The van der Waals surface area contributed by atoms with Crippen molar-refractivity contribution in [1.29, 1.82) is 0 Å². The average Bonchev–Trinajstić information content (AvgIpc) is 3.53. The van der Waals surface area contributed by atoms with Crippen LogP contribution < -0.4 is 5.32 Å². The standard InChI is InChI=1S/C26H24N2O2S2/c29-24(17-22-13-7-15-31-22)28(19-23-14-8-16-32-23)25(21-11-5-2-6-12-21)26(30)27-18-20-9-3-1-4-10-20/h1-16,25H,17-19H2,(H,27,30)/t25-/m0/s1. The number of benzene rings is 2. The van der Waals surface area contributed by atoms with E-state index in [1.54, 1.807) is 27.6 Å². The van der Waals surface area contributed by atoms with Crippen LogP contribution in [0.25, 0.3) is 0 Å². The summed E-state index contributed by atoms with van der Waals surface area (Å²) >= 11 is 3.14. The van der Waals surface area contributed by atoms with E-state index >= 15 is 0 Å². The summed E-state index contributed by atoms with van der Waals surface area (Å²) < 4.78 is 0. The van der Waals surface area contributed by atoms with Gasteiger partial charge in [0.2, 0.25) is 11.8 Å². The third-order valence-electron chi connectivity index (χ3n) is 5.12. The van der Waals surface area contributed by atoms with E-state index in [1.165, 1.54) is 0 Å². The molecular weight excluding hydrogens is 436 g/mol. The number of carbonyl (C=O) groups excluding carboxylic acids is 2. The lowest BCUT2D eigenvalue weighted by molar-refractivity contribution is -0.141. The third kappa shape index (κ3) is 5.72. The first-order valence-electron chi connectivity index (χ1n) is 10.4. The van der Waals surface area contributed by atoms with Gasteiger partial charge in [-0.3, -0.25) is 9.59 Å². The van der Waals surface area contributed by atoms with Crippen molar-refractivity contribution in [2.24, 2.45) is 0 Å². The molecule has 0 spiro atoms. The molecule has 2 heterocycles. The number of nitrogens with one attached hydrogen (secondary N) is 1. The van der Waals surface area contributed by atoms with Gasteiger partial charge in [-0.2, -0.15) is 0 Å². The minimum atomic E-state index is -0.713. The van der Waals surface area contributed by atoms with Crippen molar-refractivity contribution < 1.29 is 9.59 Å². The molecule has 0 radical (unpaired) electrons. The molecule has 0 unspecified atom stereocenters. The second-order valence-electron chi connectivity index (χ2n) is 7.37. The van der Waals surface area contributed by atoms with Gasteiger partial charge in [-0.1, -0.05) is 72.8 Å². The Balaban J connectivity index is 1.63. The van der Waals surface area contributed by atoms with Crippen LogP contribution in [0.1, 0.15) is 26.9 Å². The number of thiophene rings is 2. The average molecular weight is 461 g/mol. The Labute approximate surface area is 196 Å². The summed E-state index contributed by atoms with van der Waals surface area (Å²) in [6, 6.07) is 26.5. The van der Waals surface area contributed by atoms with Gasteiger partial charge in [-0.25, -0.2) is 0 Å². The maximum atomic E-state index is 13.5. The fourth-order valence-corrected chi connectivity index (χ4v) is 4.95. The van der Waals surface area contributed by atoms with Crippen molar-refractivity contribution in [2.75, 3.05) is 0 Å². The third-order valence-corrected chi connectivity index (χ3v) is 6.85. The summed E-state index contributed by atoms with van der Waals surface area (Å²) in [5.74, 6) is -0.249. The molecule has 2 aromatic carbocycles. The van der Waals surface area contributed by atoms with E-state index in [4.69, 9.17) is 0 Å². The molecule has 4 rings (SSSR count). The summed E-state index contributed by atoms with van der Waals surface area (Å²) in [7, 11) is 0. The smallest absolute Gasteiger partial charge is 0.247 e. The van der Waals surface area contributed by atoms with Gasteiger partial charge in [0.1, 0.15) is 6.04 Å². The Bertz CT molecular complexity index is 1110. The summed E-state index contributed by atoms with van der Waals surface area (Å²) in [5.41, 5.74) is 1.82. The zero-order valence-corrected chi connectivity index (χ0v) is 19.1. The molecule has 4 aromatic rings.